The van der Waals surface area contributed by atoms with Crippen molar-refractivity contribution in [2.75, 3.05) is 6.54 Å². The molecule has 0 unspecified atom stereocenters. The Hall–Kier alpha value is -0.870. The van der Waals surface area contributed by atoms with Crippen molar-refractivity contribution in [1.29, 1.82) is 0 Å². The molecule has 4 heteroatoms. The Balaban J connectivity index is 1.78. The minimum absolute atomic E-state index is 0.496. The molecule has 1 heterocycles. The summed E-state index contributed by atoms with van der Waals surface area (Å²) < 4.78 is 1.99. The quantitative estimate of drug-likeness (QED) is 0.841. The zero-order chi connectivity index (χ0) is 13.0. The van der Waals surface area contributed by atoms with Crippen molar-refractivity contribution in [3.8, 4) is 0 Å². The Morgan fingerprint density at radius 1 is 1.50 bits per heavy atom. The molecule has 1 saturated carbocycles. The van der Waals surface area contributed by atoms with E-state index in [0.29, 0.717) is 6.54 Å². The van der Waals surface area contributed by atoms with E-state index >= 15 is 0 Å². The summed E-state index contributed by atoms with van der Waals surface area (Å²) in [5.41, 5.74) is 0.689. The van der Waals surface area contributed by atoms with Crippen LogP contribution in [0.4, 0.5) is 0 Å². The fraction of sp³-hybridized carbons (Fsp3) is 0.786. The number of nitrogens with one attached hydrogen (secondary N) is 1. The van der Waals surface area contributed by atoms with Crippen molar-refractivity contribution in [3.05, 3.63) is 18.0 Å². The normalized spacial score (nSPS) is 28.5. The topological polar surface area (TPSA) is 50.1 Å². The van der Waals surface area contributed by atoms with Gasteiger partial charge in [-0.15, -0.1) is 0 Å². The van der Waals surface area contributed by atoms with Gasteiger partial charge in [0.25, 0.3) is 0 Å². The largest absolute Gasteiger partial charge is 0.389 e. The summed E-state index contributed by atoms with van der Waals surface area (Å²) in [6, 6.07) is 2.03. The summed E-state index contributed by atoms with van der Waals surface area (Å²) in [5, 5.41) is 18.1. The number of aromatic nitrogens is 2. The van der Waals surface area contributed by atoms with Gasteiger partial charge in [0.1, 0.15) is 0 Å². The highest BCUT2D eigenvalue weighted by Gasteiger charge is 2.31. The van der Waals surface area contributed by atoms with Crippen LogP contribution in [0.25, 0.3) is 0 Å². The average Bonchev–Trinajstić information content (AvgIpc) is 2.81. The van der Waals surface area contributed by atoms with Crippen LogP contribution in [0.1, 0.15) is 45.2 Å². The lowest BCUT2D eigenvalue weighted by Gasteiger charge is -2.35. The summed E-state index contributed by atoms with van der Waals surface area (Å²) in [6.45, 7) is 6.73. The molecule has 102 valence electrons. The third-order valence-corrected chi connectivity index (χ3v) is 4.07. The number of nitrogens with zero attached hydrogens (tertiary/aromatic N) is 2. The molecule has 1 aliphatic rings. The van der Waals surface area contributed by atoms with Gasteiger partial charge in [-0.25, -0.2) is 0 Å². The lowest BCUT2D eigenvalue weighted by molar-refractivity contribution is -0.00641. The zero-order valence-electron chi connectivity index (χ0n) is 11.5. The fourth-order valence-electron chi connectivity index (χ4n) is 2.69. The van der Waals surface area contributed by atoms with Gasteiger partial charge in [-0.3, -0.25) is 4.68 Å². The molecular weight excluding hydrogens is 226 g/mol. The van der Waals surface area contributed by atoms with Crippen LogP contribution in [0.5, 0.6) is 0 Å². The van der Waals surface area contributed by atoms with E-state index in [2.05, 4.69) is 24.3 Å². The standard InChI is InChI=1S/C14H25N3O/c1-3-17-13(6-9-16-17)10-15-11-14(18)7-4-12(2)5-8-14/h6,9,12,15,18H,3-5,7-8,10-11H2,1-2H3. The maximum absolute atomic E-state index is 10.5. The summed E-state index contributed by atoms with van der Waals surface area (Å²) >= 11 is 0. The third-order valence-electron chi connectivity index (χ3n) is 4.07. The van der Waals surface area contributed by atoms with E-state index in [0.717, 1.165) is 44.7 Å². The molecule has 18 heavy (non-hydrogen) atoms. The molecule has 0 aromatic carbocycles. The first-order valence-corrected chi connectivity index (χ1v) is 7.07. The lowest BCUT2D eigenvalue weighted by atomic mass is 9.79. The summed E-state index contributed by atoms with van der Waals surface area (Å²) in [4.78, 5) is 0. The molecule has 1 fully saturated rings. The highest BCUT2D eigenvalue weighted by molar-refractivity contribution is 5.00. The second kappa shape index (κ2) is 5.85. The van der Waals surface area contributed by atoms with Gasteiger partial charge in [0.05, 0.1) is 11.3 Å². The van der Waals surface area contributed by atoms with Gasteiger partial charge in [0.15, 0.2) is 0 Å². The maximum Gasteiger partial charge on any atom is 0.0771 e. The number of aliphatic hydroxyl groups is 1. The minimum Gasteiger partial charge on any atom is -0.389 e. The SMILES string of the molecule is CCn1nccc1CNCC1(O)CCC(C)CC1. The van der Waals surface area contributed by atoms with E-state index in [4.69, 9.17) is 0 Å². The molecule has 0 spiro atoms. The number of hydrogen-bond acceptors (Lipinski definition) is 3. The van der Waals surface area contributed by atoms with Crippen LogP contribution in [0, 0.1) is 5.92 Å². The highest BCUT2D eigenvalue weighted by atomic mass is 16.3. The van der Waals surface area contributed by atoms with Gasteiger partial charge in [-0.2, -0.15) is 5.10 Å². The second-order valence-corrected chi connectivity index (χ2v) is 5.65. The predicted molar refractivity (Wildman–Crippen MR) is 72.2 cm³/mol. The van der Waals surface area contributed by atoms with Crippen molar-refractivity contribution >= 4 is 0 Å². The van der Waals surface area contributed by atoms with Crippen LogP contribution < -0.4 is 5.32 Å². The Labute approximate surface area is 109 Å². The Kier molecular flexibility index (Phi) is 4.40. The first kappa shape index (κ1) is 13.6. The van der Waals surface area contributed by atoms with E-state index in [-0.39, 0.29) is 0 Å². The van der Waals surface area contributed by atoms with Gasteiger partial charge in [-0.1, -0.05) is 6.92 Å². The van der Waals surface area contributed by atoms with Gasteiger partial charge < -0.3 is 10.4 Å². The zero-order valence-corrected chi connectivity index (χ0v) is 11.5. The van der Waals surface area contributed by atoms with Crippen molar-refractivity contribution in [1.82, 2.24) is 15.1 Å². The lowest BCUT2D eigenvalue weighted by Crippen LogP contribution is -2.43. The molecular formula is C14H25N3O. The second-order valence-electron chi connectivity index (χ2n) is 5.65. The van der Waals surface area contributed by atoms with E-state index in [9.17, 15) is 5.11 Å². The van der Waals surface area contributed by atoms with Gasteiger partial charge in [0, 0.05) is 25.8 Å². The molecule has 1 aromatic rings. The van der Waals surface area contributed by atoms with E-state index in [1.165, 1.54) is 5.69 Å². The van der Waals surface area contributed by atoms with E-state index in [1.807, 2.05) is 16.9 Å². The minimum atomic E-state index is -0.496. The maximum atomic E-state index is 10.5. The van der Waals surface area contributed by atoms with Crippen molar-refractivity contribution in [2.24, 2.45) is 5.92 Å². The summed E-state index contributed by atoms with van der Waals surface area (Å²) in [7, 11) is 0. The molecule has 1 aliphatic carbocycles. The fourth-order valence-corrected chi connectivity index (χ4v) is 2.69. The molecule has 0 saturated heterocycles. The molecule has 0 atom stereocenters. The monoisotopic (exact) mass is 251 g/mol. The Bertz CT molecular complexity index is 367. The summed E-state index contributed by atoms with van der Waals surface area (Å²) in [5.74, 6) is 0.770. The van der Waals surface area contributed by atoms with Crippen LogP contribution in [0.3, 0.4) is 0 Å². The van der Waals surface area contributed by atoms with Crippen LogP contribution in [0.15, 0.2) is 12.3 Å². The average molecular weight is 251 g/mol. The first-order valence-electron chi connectivity index (χ1n) is 7.07. The molecule has 0 aliphatic heterocycles. The molecule has 0 bridgehead atoms. The van der Waals surface area contributed by atoms with Crippen LogP contribution in [-0.2, 0) is 13.1 Å². The molecule has 4 nitrogen and oxygen atoms in total. The molecule has 1 aromatic heterocycles. The first-order chi connectivity index (χ1) is 8.63. The number of aryl methyl sites for hydroxylation is 1. The highest BCUT2D eigenvalue weighted by Crippen LogP contribution is 2.31. The molecule has 0 amide bonds. The third kappa shape index (κ3) is 3.33. The summed E-state index contributed by atoms with van der Waals surface area (Å²) in [6.07, 6.45) is 5.97. The van der Waals surface area contributed by atoms with Crippen molar-refractivity contribution < 1.29 is 5.11 Å². The smallest absolute Gasteiger partial charge is 0.0771 e. The van der Waals surface area contributed by atoms with E-state index in [1.54, 1.807) is 0 Å². The van der Waals surface area contributed by atoms with Crippen LogP contribution in [0.2, 0.25) is 0 Å². The number of hydrogen-bond donors (Lipinski definition) is 2. The predicted octanol–water partition coefficient (Wildman–Crippen LogP) is 1.93. The van der Waals surface area contributed by atoms with Gasteiger partial charge in [0.2, 0.25) is 0 Å². The van der Waals surface area contributed by atoms with Gasteiger partial charge in [-0.05, 0) is 44.6 Å². The van der Waals surface area contributed by atoms with E-state index < -0.39 is 5.60 Å². The Morgan fingerprint density at radius 2 is 2.22 bits per heavy atom. The molecule has 0 radical (unpaired) electrons. The molecule has 2 rings (SSSR count). The van der Waals surface area contributed by atoms with Crippen molar-refractivity contribution in [2.45, 2.75) is 58.2 Å². The Morgan fingerprint density at radius 3 is 2.89 bits per heavy atom. The molecule has 2 N–H and O–H groups in total. The number of rotatable bonds is 5. The van der Waals surface area contributed by atoms with Crippen LogP contribution in [-0.4, -0.2) is 27.0 Å². The van der Waals surface area contributed by atoms with Gasteiger partial charge >= 0.3 is 0 Å². The van der Waals surface area contributed by atoms with Crippen LogP contribution >= 0.6 is 0 Å². The van der Waals surface area contributed by atoms with Crippen molar-refractivity contribution in [3.63, 3.8) is 0 Å².